The van der Waals surface area contributed by atoms with Crippen LogP contribution in [0.3, 0.4) is 0 Å². The molecule has 73 heavy (non-hydrogen) atoms. The number of hydrogen-bond donors (Lipinski definition) is 6. The normalized spacial score (nSPS) is 10.4. The van der Waals surface area contributed by atoms with Gasteiger partial charge in [0.25, 0.3) is 23.6 Å². The number of esters is 1. The van der Waals surface area contributed by atoms with Gasteiger partial charge in [-0.1, -0.05) is 158 Å². The van der Waals surface area contributed by atoms with Crippen molar-refractivity contribution in [2.75, 3.05) is 24.8 Å². The summed E-state index contributed by atoms with van der Waals surface area (Å²) < 4.78 is 4.85. The first-order valence-electron chi connectivity index (χ1n) is 22.5. The first-order chi connectivity index (χ1) is 35.5. The van der Waals surface area contributed by atoms with Crippen LogP contribution in [0.4, 0.5) is 11.4 Å². The number of hydroxylamine groups is 2. The number of methoxy groups -OCH3 is 1. The van der Waals surface area contributed by atoms with Gasteiger partial charge in [0, 0.05) is 46.0 Å². The quantitative estimate of drug-likeness (QED) is 0.0350. The summed E-state index contributed by atoms with van der Waals surface area (Å²) in [4.78, 5) is 66.3. The van der Waals surface area contributed by atoms with Crippen molar-refractivity contribution >= 4 is 75.0 Å². The van der Waals surface area contributed by atoms with Crippen LogP contribution in [0.15, 0.2) is 200 Å². The van der Waals surface area contributed by atoms with Gasteiger partial charge in [0.1, 0.15) is 14.6 Å². The van der Waals surface area contributed by atoms with Gasteiger partial charge in [-0.3, -0.25) is 34.5 Å². The van der Waals surface area contributed by atoms with E-state index in [2.05, 4.69) is 34.7 Å². The lowest BCUT2D eigenvalue weighted by atomic mass is 10.1. The van der Waals surface area contributed by atoms with Crippen LogP contribution >= 0.6 is 34.0 Å². The fourth-order valence-electron chi connectivity index (χ4n) is 7.35. The van der Waals surface area contributed by atoms with E-state index in [0.29, 0.717) is 42.0 Å². The number of nitrogens with zero attached hydrogens (tertiary/aromatic N) is 1. The maximum absolute atomic E-state index is 12.5. The molecule has 9 aromatic rings. The SMILES string of the molecule is CN(Cc1ccccc1)Cc1cc(-c2ccccc2)c(C(=O)NO)s1.COC(=O)c1sc(C(=O)Nc2ccccc2)cc1-c1ccccc1.O=C(Nc1ccccc1)c1cc(-c2ccccc2)c(C(=O)NO)s1. The number of carbonyl (C=O) groups excluding carboxylic acids is 5. The van der Waals surface area contributed by atoms with Gasteiger partial charge in [-0.2, -0.15) is 0 Å². The number of rotatable bonds is 14. The molecule has 0 atom stereocenters. The predicted molar refractivity (Wildman–Crippen MR) is 290 cm³/mol. The van der Waals surface area contributed by atoms with Gasteiger partial charge < -0.3 is 15.4 Å². The second-order valence-corrected chi connectivity index (χ2v) is 19.2. The molecule has 0 saturated carbocycles. The van der Waals surface area contributed by atoms with E-state index in [4.69, 9.17) is 15.2 Å². The highest BCUT2D eigenvalue weighted by molar-refractivity contribution is 7.17. The molecule has 13 nitrogen and oxygen atoms in total. The van der Waals surface area contributed by atoms with E-state index in [1.807, 2.05) is 164 Å². The number of amides is 4. The van der Waals surface area contributed by atoms with Crippen molar-refractivity contribution in [2.24, 2.45) is 0 Å². The summed E-state index contributed by atoms with van der Waals surface area (Å²) in [7, 11) is 3.39. The second-order valence-electron chi connectivity index (χ2n) is 15.9. The zero-order valence-electron chi connectivity index (χ0n) is 39.5. The zero-order valence-corrected chi connectivity index (χ0v) is 41.9. The first kappa shape index (κ1) is 52.5. The van der Waals surface area contributed by atoms with Gasteiger partial charge in [0.05, 0.1) is 16.9 Å². The molecule has 0 radical (unpaired) electrons. The molecule has 16 heteroatoms. The molecule has 0 aliphatic rings. The smallest absolute Gasteiger partial charge is 0.348 e. The first-order valence-corrected chi connectivity index (χ1v) is 25.0. The highest BCUT2D eigenvalue weighted by atomic mass is 32.1. The largest absolute Gasteiger partial charge is 0.465 e. The van der Waals surface area contributed by atoms with Crippen LogP contribution in [0.1, 0.15) is 58.8 Å². The minimum Gasteiger partial charge on any atom is -0.465 e. The summed E-state index contributed by atoms with van der Waals surface area (Å²) in [6.07, 6.45) is 0. The Labute approximate surface area is 433 Å². The molecule has 0 aliphatic carbocycles. The summed E-state index contributed by atoms with van der Waals surface area (Å²) in [5.41, 5.74) is 10.8. The number of ether oxygens (including phenoxy) is 1. The minimum absolute atomic E-state index is 0.251. The molecular formula is C57H49N5O8S3. The van der Waals surface area contributed by atoms with Crippen molar-refractivity contribution in [3.05, 3.63) is 235 Å². The Morgan fingerprint density at radius 1 is 0.452 bits per heavy atom. The van der Waals surface area contributed by atoms with Crippen LogP contribution in [0.2, 0.25) is 0 Å². The molecule has 0 aliphatic heterocycles. The number of thiophene rings is 3. The molecule has 3 heterocycles. The average molecular weight is 1030 g/mol. The molecule has 4 amide bonds. The Kier molecular flexibility index (Phi) is 18.8. The number of benzene rings is 6. The van der Waals surface area contributed by atoms with Gasteiger partial charge in [-0.05, 0) is 71.8 Å². The Morgan fingerprint density at radius 2 is 0.808 bits per heavy atom. The van der Waals surface area contributed by atoms with Crippen LogP contribution in [0, 0.1) is 0 Å². The zero-order chi connectivity index (χ0) is 51.5. The van der Waals surface area contributed by atoms with E-state index in [0.717, 1.165) is 62.9 Å². The third-order valence-corrected chi connectivity index (χ3v) is 14.1. The number of carbonyl (C=O) groups is 5. The number of nitrogens with one attached hydrogen (secondary N) is 4. The maximum Gasteiger partial charge on any atom is 0.348 e. The third kappa shape index (κ3) is 14.4. The van der Waals surface area contributed by atoms with Gasteiger partial charge in [0.15, 0.2) is 0 Å². The number of para-hydroxylation sites is 2. The molecule has 3 aromatic heterocycles. The Morgan fingerprint density at radius 3 is 1.22 bits per heavy atom. The Hall–Kier alpha value is -8.35. The lowest BCUT2D eigenvalue weighted by molar-refractivity contribution is 0.0606. The second kappa shape index (κ2) is 26.2. The minimum atomic E-state index is -0.641. The van der Waals surface area contributed by atoms with E-state index in [1.165, 1.54) is 24.0 Å². The van der Waals surface area contributed by atoms with Crippen molar-refractivity contribution in [3.8, 4) is 33.4 Å². The number of anilines is 2. The van der Waals surface area contributed by atoms with Crippen molar-refractivity contribution in [1.82, 2.24) is 15.9 Å². The topological polar surface area (TPSA) is 186 Å². The van der Waals surface area contributed by atoms with Crippen LogP contribution in [-0.4, -0.2) is 59.1 Å². The van der Waals surface area contributed by atoms with E-state index >= 15 is 0 Å². The van der Waals surface area contributed by atoms with Crippen LogP contribution in [-0.2, 0) is 17.8 Å². The van der Waals surface area contributed by atoms with E-state index in [9.17, 15) is 24.0 Å². The maximum atomic E-state index is 12.5. The standard InChI is InChI=1S/C20H20N2O2S.C19H15NO3S.C18H14N2O3S/c1-22(13-15-8-4-2-5-9-15)14-17-12-18(16-10-6-3-7-11-16)19(25-17)20(23)21-24;1-23-19(22)17-15(13-8-4-2-5-9-13)12-16(24-17)18(21)20-14-10-6-3-7-11-14;21-17(19-13-9-5-2-6-10-13)15-11-14(12-7-3-1-4-8-12)16(24-15)18(22)20-23/h2-12,24H,13-14H2,1H3,(H,21,23);2-12H,1H3,(H,20,21);1-11,23H,(H,19,21)(H,20,22). The summed E-state index contributed by atoms with van der Waals surface area (Å²) in [5, 5.41) is 23.6. The Bertz CT molecular complexity index is 3100. The predicted octanol–water partition coefficient (Wildman–Crippen LogP) is 12.4. The highest BCUT2D eigenvalue weighted by Crippen LogP contribution is 2.35. The molecule has 6 N–H and O–H groups in total. The Balaban J connectivity index is 0.000000160. The fourth-order valence-corrected chi connectivity index (χ4v) is 10.5. The average Bonchev–Trinajstić information content (AvgIpc) is 4.21. The van der Waals surface area contributed by atoms with Gasteiger partial charge in [0.2, 0.25) is 0 Å². The fraction of sp³-hybridized carbons (Fsp3) is 0.0702. The third-order valence-electron chi connectivity index (χ3n) is 10.7. The molecule has 9 rings (SSSR count). The molecule has 0 fully saturated rings. The molecule has 368 valence electrons. The summed E-state index contributed by atoms with van der Waals surface area (Å²) >= 11 is 3.57. The van der Waals surface area contributed by atoms with E-state index in [-0.39, 0.29) is 16.7 Å². The van der Waals surface area contributed by atoms with Gasteiger partial charge in [-0.25, -0.2) is 15.8 Å². The summed E-state index contributed by atoms with van der Waals surface area (Å²) in [6.45, 7) is 1.57. The van der Waals surface area contributed by atoms with Gasteiger partial charge >= 0.3 is 5.97 Å². The lowest BCUT2D eigenvalue weighted by Gasteiger charge is -2.15. The molecule has 0 saturated heterocycles. The van der Waals surface area contributed by atoms with Crippen molar-refractivity contribution in [3.63, 3.8) is 0 Å². The highest BCUT2D eigenvalue weighted by Gasteiger charge is 2.23. The monoisotopic (exact) mass is 1030 g/mol. The molecule has 6 aromatic carbocycles. The lowest BCUT2D eigenvalue weighted by Crippen LogP contribution is -2.18. The van der Waals surface area contributed by atoms with Crippen molar-refractivity contribution in [2.45, 2.75) is 13.1 Å². The summed E-state index contributed by atoms with van der Waals surface area (Å²) in [5.74, 6) is -2.12. The number of hydrogen-bond acceptors (Lipinski definition) is 12. The molecular weight excluding hydrogens is 979 g/mol. The van der Waals surface area contributed by atoms with Crippen LogP contribution in [0.25, 0.3) is 33.4 Å². The van der Waals surface area contributed by atoms with Crippen molar-refractivity contribution in [1.29, 1.82) is 0 Å². The molecule has 0 spiro atoms. The van der Waals surface area contributed by atoms with Crippen LogP contribution < -0.4 is 21.6 Å². The van der Waals surface area contributed by atoms with Gasteiger partial charge in [-0.15, -0.1) is 34.0 Å². The molecule has 0 unspecified atom stereocenters. The van der Waals surface area contributed by atoms with E-state index < -0.39 is 17.8 Å². The summed E-state index contributed by atoms with van der Waals surface area (Å²) in [6, 6.07) is 62.4. The van der Waals surface area contributed by atoms with Crippen molar-refractivity contribution < 1.29 is 39.1 Å². The molecule has 0 bridgehead atoms. The van der Waals surface area contributed by atoms with E-state index in [1.54, 1.807) is 35.2 Å². The van der Waals surface area contributed by atoms with Crippen LogP contribution in [0.5, 0.6) is 0 Å².